The molecule has 0 saturated heterocycles. The van der Waals surface area contributed by atoms with Crippen molar-refractivity contribution in [3.05, 3.63) is 84.9 Å². The first-order valence-electron chi connectivity index (χ1n) is 10.2. The molecule has 2 aliphatic heterocycles. The monoisotopic (exact) mass is 542 g/mol. The fraction of sp³-hybridized carbons (Fsp3) is 0. The topological polar surface area (TPSA) is 134 Å². The number of hydrogen-bond acceptors (Lipinski definition) is 8. The molecule has 4 aromatic carbocycles. The van der Waals surface area contributed by atoms with Crippen molar-refractivity contribution in [1.82, 2.24) is 0 Å². The second-order valence-corrected chi connectivity index (χ2v) is 11.7. The molecule has 2 aliphatic rings. The summed E-state index contributed by atoms with van der Waals surface area (Å²) in [6, 6.07) is 28.5. The maximum absolute atomic E-state index is 9.11. The van der Waals surface area contributed by atoms with Crippen LogP contribution < -0.4 is 22.1 Å². The van der Waals surface area contributed by atoms with Crippen LogP contribution in [-0.4, -0.2) is 13.3 Å². The number of anilines is 6. The van der Waals surface area contributed by atoms with Crippen molar-refractivity contribution in [3.8, 4) is 0 Å². The molecule has 0 spiro atoms. The van der Waals surface area contributed by atoms with Crippen molar-refractivity contribution < 1.29 is 13.3 Å². The number of rotatable bonds is 0. The first-order valence-corrected chi connectivity index (χ1v) is 14.3. The average Bonchev–Trinajstić information content (AvgIpc) is 2.82. The van der Waals surface area contributed by atoms with Gasteiger partial charge in [0.25, 0.3) is 9.05 Å². The number of nitrogen functional groups attached to an aromatic ring is 2. The van der Waals surface area contributed by atoms with E-state index < -0.39 is 9.05 Å². The average molecular weight is 543 g/mol. The second kappa shape index (κ2) is 10.8. The van der Waals surface area contributed by atoms with Crippen LogP contribution in [0.2, 0.25) is 0 Å². The molecule has 35 heavy (non-hydrogen) atoms. The number of nitrogens with two attached hydrogens (primary N) is 2. The van der Waals surface area contributed by atoms with Crippen molar-refractivity contribution in [2.45, 2.75) is 19.6 Å². The minimum atomic E-state index is -3.83. The van der Waals surface area contributed by atoms with E-state index in [0.717, 1.165) is 34.1 Å². The first-order chi connectivity index (χ1) is 16.7. The molecule has 0 aliphatic carbocycles. The van der Waals surface area contributed by atoms with Crippen LogP contribution in [0.4, 0.5) is 34.1 Å². The number of benzene rings is 4. The molecule has 0 bridgehead atoms. The normalized spacial score (nSPS) is 12.4. The quantitative estimate of drug-likeness (QED) is 0.116. The fourth-order valence-corrected chi connectivity index (χ4v) is 5.42. The summed E-state index contributed by atoms with van der Waals surface area (Å²) < 4.78 is 24.0. The lowest BCUT2D eigenvalue weighted by molar-refractivity contribution is 0.450. The van der Waals surface area contributed by atoms with Gasteiger partial charge in [-0.2, -0.15) is 4.21 Å². The highest BCUT2D eigenvalue weighted by atomic mass is 32.9. The van der Waals surface area contributed by atoms with Gasteiger partial charge in [-0.1, -0.05) is 59.9 Å². The van der Waals surface area contributed by atoms with Crippen molar-refractivity contribution >= 4 is 77.9 Å². The van der Waals surface area contributed by atoms with Gasteiger partial charge >= 0.3 is 0 Å². The summed E-state index contributed by atoms with van der Waals surface area (Å²) in [7, 11) is -3.83. The Bertz CT molecular complexity index is 1370. The number of hydrogen-bond donors (Lipinski definition) is 6. The van der Waals surface area contributed by atoms with E-state index in [1.165, 1.54) is 19.6 Å². The number of fused-ring (bicyclic) bond motifs is 4. The highest BCUT2D eigenvalue weighted by molar-refractivity contribution is 8.26. The number of para-hydroxylation sites is 4. The molecule has 0 atom stereocenters. The fourth-order valence-electron chi connectivity index (χ4n) is 3.36. The number of nitrogens with one attached hydrogen (secondary N) is 2. The summed E-state index contributed by atoms with van der Waals surface area (Å²) in [6.45, 7) is 0. The van der Waals surface area contributed by atoms with Crippen LogP contribution in [0.15, 0.2) is 105 Å². The van der Waals surface area contributed by atoms with Crippen LogP contribution in [0, 0.1) is 0 Å². The first kappa shape index (κ1) is 25.2. The molecule has 11 heteroatoms. The third kappa shape index (κ3) is 6.60. The van der Waals surface area contributed by atoms with Crippen LogP contribution in [0.1, 0.15) is 0 Å². The Balaban J connectivity index is 0.000000139. The van der Waals surface area contributed by atoms with E-state index in [2.05, 4.69) is 58.2 Å². The van der Waals surface area contributed by atoms with Crippen LogP contribution in [0.25, 0.3) is 0 Å². The van der Waals surface area contributed by atoms with Crippen LogP contribution in [0.5, 0.6) is 0 Å². The maximum Gasteiger partial charge on any atom is 0.263 e. The Hall–Kier alpha value is -2.93. The molecular weight excluding hydrogens is 521 g/mol. The standard InChI is InChI=1S/2C12H10N2S.H2O3S2/c2*13-8-4-3-7-11-12(8)14-9-5-1-2-6-10(9)15-11;1-5(2,3)4/h2*1-7,14H,13H2;(H2,1,2,3,4). The van der Waals surface area contributed by atoms with Crippen LogP contribution in [-0.2, 0) is 20.2 Å². The Morgan fingerprint density at radius 2 is 0.971 bits per heavy atom. The summed E-state index contributed by atoms with van der Waals surface area (Å²) in [5, 5.41) is 6.73. The van der Waals surface area contributed by atoms with E-state index in [0.29, 0.717) is 0 Å². The summed E-state index contributed by atoms with van der Waals surface area (Å²) in [6.07, 6.45) is 0. The maximum atomic E-state index is 9.11. The Morgan fingerprint density at radius 3 is 1.37 bits per heavy atom. The lowest BCUT2D eigenvalue weighted by atomic mass is 10.2. The molecule has 0 fully saturated rings. The van der Waals surface area contributed by atoms with Gasteiger partial charge in [-0.25, -0.2) is 0 Å². The van der Waals surface area contributed by atoms with E-state index in [9.17, 15) is 0 Å². The van der Waals surface area contributed by atoms with Crippen molar-refractivity contribution in [2.75, 3.05) is 22.1 Å². The van der Waals surface area contributed by atoms with Gasteiger partial charge in [0.1, 0.15) is 0 Å². The molecule has 8 N–H and O–H groups in total. The van der Waals surface area contributed by atoms with E-state index in [4.69, 9.17) is 24.8 Å². The molecule has 180 valence electrons. The van der Waals surface area contributed by atoms with Crippen molar-refractivity contribution in [2.24, 2.45) is 0 Å². The molecule has 4 aromatic rings. The zero-order valence-electron chi connectivity index (χ0n) is 18.2. The highest BCUT2D eigenvalue weighted by Crippen LogP contribution is 2.47. The molecule has 0 unspecified atom stereocenters. The Morgan fingerprint density at radius 1 is 0.629 bits per heavy atom. The molecule has 0 radical (unpaired) electrons. The summed E-state index contributed by atoms with van der Waals surface area (Å²) in [4.78, 5) is 4.87. The lowest BCUT2D eigenvalue weighted by Crippen LogP contribution is -2.02. The molecule has 0 aromatic heterocycles. The highest BCUT2D eigenvalue weighted by Gasteiger charge is 2.17. The van der Waals surface area contributed by atoms with Crippen molar-refractivity contribution in [1.29, 1.82) is 0 Å². The van der Waals surface area contributed by atoms with Gasteiger partial charge in [0.05, 0.1) is 34.1 Å². The van der Waals surface area contributed by atoms with Gasteiger partial charge in [-0.05, 0) is 48.5 Å². The Labute approximate surface area is 217 Å². The van der Waals surface area contributed by atoms with Gasteiger partial charge in [-0.3, -0.25) is 9.11 Å². The van der Waals surface area contributed by atoms with E-state index in [1.54, 1.807) is 23.5 Å². The molecule has 7 nitrogen and oxygen atoms in total. The van der Waals surface area contributed by atoms with Gasteiger partial charge in [0, 0.05) is 30.8 Å². The third-order valence-electron chi connectivity index (χ3n) is 4.85. The van der Waals surface area contributed by atoms with Crippen molar-refractivity contribution in [3.63, 3.8) is 0 Å². The third-order valence-corrected chi connectivity index (χ3v) is 7.12. The molecule has 0 saturated carbocycles. The zero-order valence-corrected chi connectivity index (χ0v) is 21.4. The SMILES string of the molecule is Nc1cccc2c1Nc1ccccc1S2.Nc1cccc2c1Nc1ccccc1S2.O=S(O)(O)=S. The van der Waals surface area contributed by atoms with E-state index in [-0.39, 0.29) is 0 Å². The van der Waals surface area contributed by atoms with Gasteiger partial charge in [-0.15, -0.1) is 0 Å². The minimum absolute atomic E-state index is 0.800. The minimum Gasteiger partial charge on any atom is -0.397 e. The predicted molar refractivity (Wildman–Crippen MR) is 150 cm³/mol. The predicted octanol–water partition coefficient (Wildman–Crippen LogP) is 6.63. The van der Waals surface area contributed by atoms with Gasteiger partial charge in [0.2, 0.25) is 0 Å². The largest absolute Gasteiger partial charge is 0.397 e. The van der Waals surface area contributed by atoms with Crippen LogP contribution >= 0.6 is 23.5 Å². The zero-order chi connectivity index (χ0) is 25.0. The molecule has 6 rings (SSSR count). The molecular formula is C24H22N4O3S4. The summed E-state index contributed by atoms with van der Waals surface area (Å²) in [5.74, 6) is 0. The Kier molecular flexibility index (Phi) is 7.75. The van der Waals surface area contributed by atoms with E-state index in [1.807, 2.05) is 48.5 Å². The summed E-state index contributed by atoms with van der Waals surface area (Å²) >= 11 is 6.97. The van der Waals surface area contributed by atoms with Gasteiger partial charge in [0.15, 0.2) is 0 Å². The second-order valence-electron chi connectivity index (χ2n) is 7.34. The van der Waals surface area contributed by atoms with Crippen LogP contribution in [0.3, 0.4) is 0 Å². The summed E-state index contributed by atoms with van der Waals surface area (Å²) in [5.41, 5.74) is 17.8. The molecule has 2 heterocycles. The van der Waals surface area contributed by atoms with Gasteiger partial charge < -0.3 is 22.1 Å². The smallest absolute Gasteiger partial charge is 0.263 e. The lowest BCUT2D eigenvalue weighted by Gasteiger charge is -2.21. The molecule has 0 amide bonds. The van der Waals surface area contributed by atoms with E-state index >= 15 is 0 Å².